The first-order chi connectivity index (χ1) is 38.0. The number of imidazole rings is 3. The number of aromatic amines is 2. The van der Waals surface area contributed by atoms with Gasteiger partial charge < -0.3 is 75.9 Å². The van der Waals surface area contributed by atoms with Gasteiger partial charge in [-0.25, -0.2) is 42.8 Å². The number of aryl methyl sites for hydroxylation is 1. The Kier molecular flexibility index (Phi) is 16.9. The lowest BCUT2D eigenvalue weighted by Gasteiger charge is -2.26. The summed E-state index contributed by atoms with van der Waals surface area (Å²) in [4.78, 5) is 111. The minimum Gasteiger partial charge on any atom is -0.387 e. The Hall–Kier alpha value is -5.64. The van der Waals surface area contributed by atoms with Crippen molar-refractivity contribution in [1.29, 1.82) is 0 Å². The molecule has 9 rings (SSSR count). The normalized spacial score (nSPS) is 29.0. The average Bonchev–Trinajstić information content (AvgIpc) is 4.28. The number of methoxy groups -OCH3 is 1. The number of carbonyl (C=O) groups excluding carboxylic acids is 1. The van der Waals surface area contributed by atoms with Crippen LogP contribution in [0.25, 0.3) is 33.5 Å². The van der Waals surface area contributed by atoms with Crippen LogP contribution in [0.3, 0.4) is 0 Å². The van der Waals surface area contributed by atoms with E-state index in [0.717, 1.165) is 30.7 Å². The van der Waals surface area contributed by atoms with Gasteiger partial charge in [0, 0.05) is 33.5 Å². The SMILES string of the molecule is CCn1c[n+](C2O[C@H](COP(=O)(O)OP(=O)(O)OP(=O)(O)OC[C@H]3O[C@@H](n4cnc5c(N)ncnc54)[C@H](OC)[C@@H]3OP(=O)(O)OC[C@H]3O[C@@H](n4cnc5c(=O)[nH]c(N)nc54)[C@H](O)[C@@H]3O)[C@@H](CC(=O)N(C)C)[C@H]2O)c2nc(N)[nH]c(=O)c21. The van der Waals surface area contributed by atoms with Gasteiger partial charge in [-0.1, -0.05) is 4.98 Å². The smallest absolute Gasteiger partial charge is 0.387 e. The molecule has 40 nitrogen and oxygen atoms in total. The zero-order chi connectivity index (χ0) is 58.8. The van der Waals surface area contributed by atoms with Gasteiger partial charge in [-0.15, -0.1) is 0 Å². The van der Waals surface area contributed by atoms with Crippen molar-refractivity contribution >= 4 is 88.4 Å². The molecule has 0 radical (unpaired) electrons. The van der Waals surface area contributed by atoms with E-state index >= 15 is 0 Å². The summed E-state index contributed by atoms with van der Waals surface area (Å²) in [6.45, 7) is -1.40. The quantitative estimate of drug-likeness (QED) is 0.0232. The molecule has 16 atom stereocenters. The second-order valence-corrected chi connectivity index (χ2v) is 24.3. The number of nitrogen functional groups attached to an aromatic ring is 3. The number of nitrogens with zero attached hydrogens (tertiary/aromatic N) is 11. The van der Waals surface area contributed by atoms with E-state index in [-0.39, 0.29) is 57.8 Å². The molecule has 3 aliphatic heterocycles. The van der Waals surface area contributed by atoms with E-state index in [1.165, 1.54) is 39.0 Å². The number of nitrogens with one attached hydrogen (secondary N) is 2. The first-order valence-electron chi connectivity index (χ1n) is 23.6. The number of anilines is 3. The number of ether oxygens (including phenoxy) is 4. The molecule has 1 amide bonds. The number of nitrogens with two attached hydrogens (primary N) is 3. The number of hydrogen-bond acceptors (Lipinski definition) is 29. The maximum Gasteiger partial charge on any atom is 0.490 e. The fraction of sp³-hybridized carbons (Fsp3) is 0.568. The van der Waals surface area contributed by atoms with Crippen molar-refractivity contribution < 1.29 is 108 Å². The van der Waals surface area contributed by atoms with Crippen LogP contribution in [0, 0.1) is 5.92 Å². The monoisotopic (exact) mass is 1230 g/mol. The van der Waals surface area contributed by atoms with Crippen LogP contribution in [-0.2, 0) is 75.3 Å². The van der Waals surface area contributed by atoms with Gasteiger partial charge in [-0.2, -0.15) is 13.6 Å². The van der Waals surface area contributed by atoms with Gasteiger partial charge in [0.05, 0.1) is 45.1 Å². The Morgan fingerprint density at radius 3 is 1.98 bits per heavy atom. The number of H-pyrrole nitrogens is 2. The number of rotatable bonds is 22. The number of phosphoric acid groups is 4. The first-order valence-corrected chi connectivity index (χ1v) is 29.5. The first kappa shape index (κ1) is 60.0. The van der Waals surface area contributed by atoms with Crippen LogP contribution in [0.2, 0.25) is 0 Å². The number of hydrogen-bond donors (Lipinski definition) is 12. The van der Waals surface area contributed by atoms with Crippen LogP contribution in [0.1, 0.15) is 32.0 Å². The molecule has 0 bridgehead atoms. The third-order valence-corrected chi connectivity index (χ3v) is 18.1. The van der Waals surface area contributed by atoms with Gasteiger partial charge in [-0.3, -0.25) is 56.1 Å². The van der Waals surface area contributed by atoms with E-state index < -0.39 is 148 Å². The molecule has 6 aromatic heterocycles. The molecule has 44 heteroatoms. The molecule has 0 saturated carbocycles. The molecule has 3 fully saturated rings. The van der Waals surface area contributed by atoms with Gasteiger partial charge >= 0.3 is 36.9 Å². The molecule has 0 aromatic carbocycles. The summed E-state index contributed by atoms with van der Waals surface area (Å²) in [6.07, 6.45) is -13.9. The fourth-order valence-electron chi connectivity index (χ4n) is 9.16. The summed E-state index contributed by atoms with van der Waals surface area (Å²) in [6, 6.07) is 0. The summed E-state index contributed by atoms with van der Waals surface area (Å²) < 4.78 is 111. The molecule has 9 heterocycles. The van der Waals surface area contributed by atoms with Crippen LogP contribution >= 0.6 is 31.3 Å². The predicted molar refractivity (Wildman–Crippen MR) is 264 cm³/mol. The van der Waals surface area contributed by atoms with E-state index in [9.17, 15) is 67.5 Å². The lowest BCUT2D eigenvalue weighted by atomic mass is 9.94. The number of aliphatic hydroxyl groups excluding tert-OH is 3. The van der Waals surface area contributed by atoms with E-state index in [1.54, 1.807) is 6.92 Å². The lowest BCUT2D eigenvalue weighted by molar-refractivity contribution is -0.746. The molecule has 3 aliphatic rings. The topological polar surface area (TPSA) is 562 Å². The summed E-state index contributed by atoms with van der Waals surface area (Å²) >= 11 is 0. The van der Waals surface area contributed by atoms with Crippen molar-refractivity contribution in [2.24, 2.45) is 5.92 Å². The molecule has 0 aliphatic carbocycles. The molecule has 444 valence electrons. The average molecular weight is 1230 g/mol. The summed E-state index contributed by atoms with van der Waals surface area (Å²) in [5.74, 6) is -2.50. The second kappa shape index (κ2) is 22.8. The van der Waals surface area contributed by atoms with Crippen LogP contribution < -0.4 is 32.9 Å². The van der Waals surface area contributed by atoms with E-state index in [4.69, 9.17) is 54.2 Å². The van der Waals surface area contributed by atoms with E-state index in [2.05, 4.69) is 48.5 Å². The maximum atomic E-state index is 13.8. The third-order valence-electron chi connectivity index (χ3n) is 12.9. The maximum absolute atomic E-state index is 13.8. The Labute approximate surface area is 451 Å². The van der Waals surface area contributed by atoms with Crippen LogP contribution in [0.4, 0.5) is 17.7 Å². The Bertz CT molecular complexity index is 3670. The number of carbonyl (C=O) groups is 1. The standard InChI is InChI=1S/C37H52N16O24P4/c1-5-50-13-53(30-21(50)32(59)48-37(40)46-30)33-22(55)14(6-18(54)49(2)3)15(72-33)7-70-79(62,63)76-81(66,67)77-80(64,65)71-9-17-25(26(68-4)35(74-17)51-11-43-19-27(38)41-10-42-28(19)51)75-78(60,61)69-8-16-23(56)24(57)34(73-16)52-12-44-20-29(52)45-36(39)47-31(20)58/h10-17,22-26,33-35,55-57H,5-9H2,1-4H3,(H11-,38,39,40,41,42,45,46,47,48,58,59,60,61,62,63,64,65,66,67)/p+1/t14-,15-,16-,17-,22-,23-,24-,25-,26-,33?,34-,35-/m1/s1. The number of aliphatic hydroxyl groups is 3. The zero-order valence-corrected chi connectivity index (χ0v) is 45.9. The zero-order valence-electron chi connectivity index (χ0n) is 42.3. The van der Waals surface area contributed by atoms with Crippen molar-refractivity contribution in [2.75, 3.05) is 58.2 Å². The largest absolute Gasteiger partial charge is 0.490 e. The highest BCUT2D eigenvalue weighted by Gasteiger charge is 2.54. The molecular formula is C37H53N16O24P4+. The highest BCUT2D eigenvalue weighted by atomic mass is 31.3. The molecule has 81 heavy (non-hydrogen) atoms. The number of fused-ring (bicyclic) bond motifs is 3. The van der Waals surface area contributed by atoms with Crippen molar-refractivity contribution in [1.82, 2.24) is 58.5 Å². The second-order valence-electron chi connectivity index (χ2n) is 18.3. The number of phosphoric ester groups is 3. The Morgan fingerprint density at radius 1 is 0.728 bits per heavy atom. The minimum absolute atomic E-state index is 0.00471. The fourth-order valence-corrected chi connectivity index (χ4v) is 13.6. The predicted octanol–water partition coefficient (Wildman–Crippen LogP) is -3.49. The molecule has 5 unspecified atom stereocenters. The van der Waals surface area contributed by atoms with Crippen LogP contribution in [0.15, 0.2) is 34.9 Å². The van der Waals surface area contributed by atoms with Gasteiger partial charge in [0.25, 0.3) is 17.1 Å². The van der Waals surface area contributed by atoms with Gasteiger partial charge in [0.2, 0.25) is 23.6 Å². The highest BCUT2D eigenvalue weighted by Crippen LogP contribution is 2.68. The van der Waals surface area contributed by atoms with Crippen molar-refractivity contribution in [3.8, 4) is 0 Å². The van der Waals surface area contributed by atoms with Crippen molar-refractivity contribution in [3.05, 3.63) is 46.0 Å². The Balaban J connectivity index is 0.881. The number of aromatic nitrogens is 12. The lowest BCUT2D eigenvalue weighted by Crippen LogP contribution is -2.45. The minimum atomic E-state index is -6.24. The molecular weight excluding hydrogens is 1180 g/mol. The van der Waals surface area contributed by atoms with E-state index in [1.807, 2.05) is 0 Å². The Morgan fingerprint density at radius 2 is 1.32 bits per heavy atom. The summed E-state index contributed by atoms with van der Waals surface area (Å²) in [5.41, 5.74) is 15.7. The van der Waals surface area contributed by atoms with Gasteiger partial charge in [-0.05, 0) is 6.92 Å². The third kappa shape index (κ3) is 12.4. The van der Waals surface area contributed by atoms with Crippen LogP contribution in [-0.4, -0.2) is 189 Å². The van der Waals surface area contributed by atoms with Gasteiger partial charge in [0.1, 0.15) is 54.6 Å². The molecule has 0 spiro atoms. The van der Waals surface area contributed by atoms with E-state index in [0.29, 0.717) is 0 Å². The molecule has 3 saturated heterocycles. The molecule has 6 aromatic rings. The molecule has 15 N–H and O–H groups in total. The highest BCUT2D eigenvalue weighted by molar-refractivity contribution is 7.66. The van der Waals surface area contributed by atoms with Crippen LogP contribution in [0.5, 0.6) is 0 Å². The summed E-state index contributed by atoms with van der Waals surface area (Å²) in [7, 11) is -19.7. The number of amides is 1. The van der Waals surface area contributed by atoms with Crippen molar-refractivity contribution in [3.63, 3.8) is 0 Å². The summed E-state index contributed by atoms with van der Waals surface area (Å²) in [5, 5.41) is 33.3. The van der Waals surface area contributed by atoms with Gasteiger partial charge in [0.15, 0.2) is 41.4 Å². The van der Waals surface area contributed by atoms with Crippen molar-refractivity contribution in [2.45, 2.75) is 87.4 Å².